The van der Waals surface area contributed by atoms with Crippen LogP contribution in [0, 0.1) is 0 Å². The van der Waals surface area contributed by atoms with Gasteiger partial charge in [-0.05, 0) is 37.7 Å². The van der Waals surface area contributed by atoms with Crippen LogP contribution in [0.3, 0.4) is 0 Å². The Morgan fingerprint density at radius 2 is 1.83 bits per heavy atom. The van der Waals surface area contributed by atoms with E-state index in [0.717, 1.165) is 38.4 Å². The van der Waals surface area contributed by atoms with E-state index in [4.69, 9.17) is 0 Å². The zero-order valence-corrected chi connectivity index (χ0v) is 11.9. The van der Waals surface area contributed by atoms with Crippen molar-refractivity contribution in [3.63, 3.8) is 0 Å². The third kappa shape index (κ3) is 2.70. The lowest BCUT2D eigenvalue weighted by atomic mass is 10.1. The topological polar surface area (TPSA) is 50.1 Å². The Balaban J connectivity index is 2.15. The van der Waals surface area contributed by atoms with Gasteiger partial charge in [-0.2, -0.15) is 0 Å². The molecule has 2 rings (SSSR count). The fourth-order valence-corrected chi connectivity index (χ4v) is 2.53. The first kappa shape index (κ1) is 13.4. The Kier molecular flexibility index (Phi) is 4.29. The number of tetrazole rings is 1. The second-order valence-corrected chi connectivity index (χ2v) is 5.34. The third-order valence-electron chi connectivity index (χ3n) is 3.67. The summed E-state index contributed by atoms with van der Waals surface area (Å²) >= 11 is 0. The van der Waals surface area contributed by atoms with Crippen molar-refractivity contribution in [2.24, 2.45) is 0 Å². The fourth-order valence-electron chi connectivity index (χ4n) is 2.53. The summed E-state index contributed by atoms with van der Waals surface area (Å²) in [5.41, 5.74) is 0. The quantitative estimate of drug-likeness (QED) is 0.798. The minimum atomic E-state index is 0.316. The van der Waals surface area contributed by atoms with Gasteiger partial charge in [0.1, 0.15) is 0 Å². The molecular formula is C12H24N6. The highest BCUT2D eigenvalue weighted by atomic mass is 15.6. The van der Waals surface area contributed by atoms with Crippen LogP contribution in [0.4, 0.5) is 0 Å². The van der Waals surface area contributed by atoms with Crippen molar-refractivity contribution in [3.8, 4) is 0 Å². The largest absolute Gasteiger partial charge is 0.304 e. The summed E-state index contributed by atoms with van der Waals surface area (Å²) in [7, 11) is 2.18. The van der Waals surface area contributed by atoms with E-state index in [1.54, 1.807) is 0 Å². The summed E-state index contributed by atoms with van der Waals surface area (Å²) in [6.45, 7) is 10.9. The monoisotopic (exact) mass is 252 g/mol. The average molecular weight is 252 g/mol. The fraction of sp³-hybridized carbons (Fsp3) is 0.917. The van der Waals surface area contributed by atoms with Crippen LogP contribution in [-0.4, -0.2) is 63.2 Å². The van der Waals surface area contributed by atoms with Gasteiger partial charge in [0.25, 0.3) is 0 Å². The van der Waals surface area contributed by atoms with Gasteiger partial charge in [-0.3, -0.25) is 4.90 Å². The molecule has 6 nitrogen and oxygen atoms in total. The van der Waals surface area contributed by atoms with Crippen molar-refractivity contribution in [3.05, 3.63) is 5.82 Å². The number of hydrogen-bond donors (Lipinski definition) is 0. The molecule has 0 unspecified atom stereocenters. The molecule has 0 aromatic carbocycles. The van der Waals surface area contributed by atoms with Gasteiger partial charge in [-0.25, -0.2) is 4.68 Å². The maximum atomic E-state index is 4.25. The number of aromatic nitrogens is 4. The zero-order chi connectivity index (χ0) is 13.1. The van der Waals surface area contributed by atoms with Gasteiger partial charge in [0.15, 0.2) is 5.82 Å². The maximum Gasteiger partial charge on any atom is 0.168 e. The number of hydrogen-bond acceptors (Lipinski definition) is 5. The van der Waals surface area contributed by atoms with Crippen LogP contribution in [-0.2, 0) is 0 Å². The molecule has 1 aromatic heterocycles. The molecule has 18 heavy (non-hydrogen) atoms. The van der Waals surface area contributed by atoms with Crippen LogP contribution in [0.2, 0.25) is 0 Å². The second-order valence-electron chi connectivity index (χ2n) is 5.34. The van der Waals surface area contributed by atoms with E-state index in [-0.39, 0.29) is 0 Å². The van der Waals surface area contributed by atoms with Crippen LogP contribution in [0.5, 0.6) is 0 Å². The molecule has 1 aromatic rings. The number of nitrogens with zero attached hydrogens (tertiary/aromatic N) is 6. The Hall–Kier alpha value is -1.01. The molecular weight excluding hydrogens is 228 g/mol. The third-order valence-corrected chi connectivity index (χ3v) is 3.67. The van der Waals surface area contributed by atoms with E-state index in [1.807, 2.05) is 4.68 Å². The summed E-state index contributed by atoms with van der Waals surface area (Å²) in [6, 6.07) is 0.660. The Morgan fingerprint density at radius 3 is 2.39 bits per heavy atom. The number of likely N-dealkylation sites (N-methyl/N-ethyl adjacent to an activating group) is 1. The van der Waals surface area contributed by atoms with Crippen LogP contribution in [0.15, 0.2) is 0 Å². The minimum absolute atomic E-state index is 0.316. The zero-order valence-electron chi connectivity index (χ0n) is 11.9. The van der Waals surface area contributed by atoms with Gasteiger partial charge >= 0.3 is 0 Å². The summed E-state index contributed by atoms with van der Waals surface area (Å²) in [4.78, 5) is 4.87. The number of piperazine rings is 1. The maximum absolute atomic E-state index is 4.25. The molecule has 0 radical (unpaired) electrons. The molecule has 2 heterocycles. The smallest absolute Gasteiger partial charge is 0.168 e. The highest BCUT2D eigenvalue weighted by Gasteiger charge is 2.27. The lowest BCUT2D eigenvalue weighted by Gasteiger charge is -2.37. The lowest BCUT2D eigenvalue weighted by Crippen LogP contribution is -2.46. The Labute approximate surface area is 109 Å². The van der Waals surface area contributed by atoms with Crippen molar-refractivity contribution in [1.82, 2.24) is 30.0 Å². The van der Waals surface area contributed by atoms with Gasteiger partial charge in [0.05, 0.1) is 12.1 Å². The molecule has 102 valence electrons. The molecule has 0 bridgehead atoms. The molecule has 0 N–H and O–H groups in total. The normalized spacial score (nSPS) is 20.5. The van der Waals surface area contributed by atoms with Gasteiger partial charge in [-0.15, -0.1) is 5.10 Å². The van der Waals surface area contributed by atoms with Gasteiger partial charge in [0.2, 0.25) is 0 Å². The molecule has 0 spiro atoms. The Morgan fingerprint density at radius 1 is 1.17 bits per heavy atom. The summed E-state index contributed by atoms with van der Waals surface area (Å²) in [5, 5.41) is 12.2. The van der Waals surface area contributed by atoms with E-state index in [2.05, 4.69) is 53.1 Å². The molecule has 1 aliphatic heterocycles. The average Bonchev–Trinajstić information content (AvgIpc) is 2.82. The summed E-state index contributed by atoms with van der Waals surface area (Å²) in [6.07, 6.45) is 1.05. The minimum Gasteiger partial charge on any atom is -0.304 e. The summed E-state index contributed by atoms with van der Waals surface area (Å²) in [5.74, 6) is 1.01. The molecule has 1 saturated heterocycles. The van der Waals surface area contributed by atoms with Gasteiger partial charge < -0.3 is 4.90 Å². The first-order valence-electron chi connectivity index (χ1n) is 6.83. The van der Waals surface area contributed by atoms with Crippen molar-refractivity contribution in [1.29, 1.82) is 0 Å². The predicted octanol–water partition coefficient (Wildman–Crippen LogP) is 0.952. The van der Waals surface area contributed by atoms with E-state index >= 15 is 0 Å². The van der Waals surface area contributed by atoms with Crippen LogP contribution in [0.1, 0.15) is 45.1 Å². The van der Waals surface area contributed by atoms with Crippen LogP contribution < -0.4 is 0 Å². The predicted molar refractivity (Wildman–Crippen MR) is 70.3 cm³/mol. The van der Waals surface area contributed by atoms with Crippen molar-refractivity contribution >= 4 is 0 Å². The van der Waals surface area contributed by atoms with Crippen molar-refractivity contribution < 1.29 is 0 Å². The van der Waals surface area contributed by atoms with E-state index in [0.29, 0.717) is 12.1 Å². The lowest BCUT2D eigenvalue weighted by molar-refractivity contribution is 0.102. The number of rotatable bonds is 4. The van der Waals surface area contributed by atoms with Gasteiger partial charge in [-0.1, -0.05) is 6.92 Å². The van der Waals surface area contributed by atoms with E-state index < -0.39 is 0 Å². The summed E-state index contributed by atoms with van der Waals surface area (Å²) < 4.78 is 1.95. The highest BCUT2D eigenvalue weighted by molar-refractivity contribution is 4.95. The SMILES string of the molecule is CC[C@@H](c1nnnn1C(C)C)N1CCN(C)CC1. The first-order chi connectivity index (χ1) is 8.63. The molecule has 0 amide bonds. The van der Waals surface area contributed by atoms with Crippen LogP contribution >= 0.6 is 0 Å². The second kappa shape index (κ2) is 5.75. The van der Waals surface area contributed by atoms with E-state index in [1.165, 1.54) is 0 Å². The van der Waals surface area contributed by atoms with Crippen LogP contribution in [0.25, 0.3) is 0 Å². The molecule has 0 aliphatic carbocycles. The van der Waals surface area contributed by atoms with Crippen molar-refractivity contribution in [2.75, 3.05) is 33.2 Å². The van der Waals surface area contributed by atoms with Gasteiger partial charge in [0, 0.05) is 26.2 Å². The Bertz CT molecular complexity index is 366. The highest BCUT2D eigenvalue weighted by Crippen LogP contribution is 2.24. The molecule has 6 heteroatoms. The van der Waals surface area contributed by atoms with E-state index in [9.17, 15) is 0 Å². The first-order valence-corrected chi connectivity index (χ1v) is 6.83. The molecule has 0 saturated carbocycles. The standard InChI is InChI=1S/C12H24N6/c1-5-11(17-8-6-16(4)7-9-17)12-13-14-15-18(12)10(2)3/h10-11H,5-9H2,1-4H3/t11-/m0/s1. The van der Waals surface area contributed by atoms with Crippen molar-refractivity contribution in [2.45, 2.75) is 39.3 Å². The molecule has 1 atom stereocenters. The molecule has 1 fully saturated rings. The molecule has 1 aliphatic rings.